The fraction of sp³-hybridized carbons (Fsp3) is 1.00. The molecule has 1 spiro atoms. The summed E-state index contributed by atoms with van der Waals surface area (Å²) in [7, 11) is -2.72. The minimum Gasteiger partial charge on any atom is -0.302 e. The summed E-state index contributed by atoms with van der Waals surface area (Å²) in [5.41, 5.74) is 0. The second kappa shape index (κ2) is 3.68. The molecular formula is C9H17NO2S2. The molecular weight excluding hydrogens is 218 g/mol. The van der Waals surface area contributed by atoms with Crippen LogP contribution < -0.4 is 5.32 Å². The zero-order valence-corrected chi connectivity index (χ0v) is 10.1. The lowest BCUT2D eigenvalue weighted by molar-refractivity contribution is 0.380. The summed E-state index contributed by atoms with van der Waals surface area (Å²) in [6.45, 7) is 3.26. The van der Waals surface area contributed by atoms with Crippen LogP contribution in [0.1, 0.15) is 19.8 Å². The summed E-state index contributed by atoms with van der Waals surface area (Å²) in [6.07, 6.45) is 1.57. The van der Waals surface area contributed by atoms with Gasteiger partial charge >= 0.3 is 0 Å². The lowest BCUT2D eigenvalue weighted by atomic mass is 10.1. The van der Waals surface area contributed by atoms with E-state index in [-0.39, 0.29) is 4.87 Å². The molecule has 2 saturated heterocycles. The monoisotopic (exact) mass is 235 g/mol. The third-order valence-corrected chi connectivity index (χ3v) is 6.54. The highest BCUT2D eigenvalue weighted by Crippen LogP contribution is 2.38. The first-order valence-electron chi connectivity index (χ1n) is 5.11. The molecule has 0 aliphatic carbocycles. The van der Waals surface area contributed by atoms with E-state index in [4.69, 9.17) is 0 Å². The molecule has 0 saturated carbocycles. The molecule has 0 aromatic carbocycles. The molecule has 3 nitrogen and oxygen atoms in total. The number of nitrogens with one attached hydrogen (secondary N) is 1. The van der Waals surface area contributed by atoms with Gasteiger partial charge in [-0.15, -0.1) is 11.8 Å². The van der Waals surface area contributed by atoms with Crippen LogP contribution in [0.25, 0.3) is 0 Å². The first-order valence-corrected chi connectivity index (χ1v) is 7.91. The van der Waals surface area contributed by atoms with Gasteiger partial charge in [-0.25, -0.2) is 8.42 Å². The van der Waals surface area contributed by atoms with Crippen LogP contribution in [0.4, 0.5) is 0 Å². The summed E-state index contributed by atoms with van der Waals surface area (Å²) in [6, 6.07) is 0. The van der Waals surface area contributed by atoms with Gasteiger partial charge in [-0.3, -0.25) is 0 Å². The van der Waals surface area contributed by atoms with Crippen LogP contribution in [0, 0.1) is 5.92 Å². The van der Waals surface area contributed by atoms with Gasteiger partial charge in [0.2, 0.25) is 0 Å². The van der Waals surface area contributed by atoms with Gasteiger partial charge in [0.05, 0.1) is 16.4 Å². The largest absolute Gasteiger partial charge is 0.302 e. The van der Waals surface area contributed by atoms with Gasteiger partial charge in [0.25, 0.3) is 0 Å². The SMILES string of the molecule is CC1CNC2(CCS(=O)(=O)CC2)SC1. The molecule has 82 valence electrons. The molecule has 0 radical (unpaired) electrons. The summed E-state index contributed by atoms with van der Waals surface area (Å²) in [4.78, 5) is 0.0812. The Balaban J connectivity index is 1.99. The molecule has 1 atom stereocenters. The molecule has 2 aliphatic rings. The average Bonchev–Trinajstić information content (AvgIpc) is 2.16. The van der Waals surface area contributed by atoms with Crippen molar-refractivity contribution in [2.75, 3.05) is 23.8 Å². The van der Waals surface area contributed by atoms with E-state index in [9.17, 15) is 8.42 Å². The zero-order valence-electron chi connectivity index (χ0n) is 8.45. The topological polar surface area (TPSA) is 46.2 Å². The molecule has 2 rings (SSSR count). The van der Waals surface area contributed by atoms with Crippen LogP contribution in [-0.4, -0.2) is 37.1 Å². The second-order valence-electron chi connectivity index (χ2n) is 4.44. The highest BCUT2D eigenvalue weighted by atomic mass is 32.2. The van der Waals surface area contributed by atoms with Crippen molar-refractivity contribution in [2.24, 2.45) is 5.92 Å². The van der Waals surface area contributed by atoms with Gasteiger partial charge in [0, 0.05) is 0 Å². The van der Waals surface area contributed by atoms with Crippen molar-refractivity contribution in [1.29, 1.82) is 0 Å². The smallest absolute Gasteiger partial charge is 0.150 e. The third kappa shape index (κ3) is 2.25. The maximum atomic E-state index is 11.3. The maximum absolute atomic E-state index is 11.3. The Hall–Kier alpha value is 0.260. The second-order valence-corrected chi connectivity index (χ2v) is 8.15. The van der Waals surface area contributed by atoms with Crippen molar-refractivity contribution in [1.82, 2.24) is 5.32 Å². The Morgan fingerprint density at radius 3 is 2.50 bits per heavy atom. The molecule has 1 N–H and O–H groups in total. The molecule has 14 heavy (non-hydrogen) atoms. The van der Waals surface area contributed by atoms with Crippen LogP contribution >= 0.6 is 11.8 Å². The molecule has 2 fully saturated rings. The predicted octanol–water partition coefficient (Wildman–Crippen LogP) is 0.864. The predicted molar refractivity (Wildman–Crippen MR) is 60.2 cm³/mol. The minimum atomic E-state index is -2.72. The number of rotatable bonds is 0. The number of hydrogen-bond donors (Lipinski definition) is 1. The fourth-order valence-corrected chi connectivity index (χ4v) is 5.14. The van der Waals surface area contributed by atoms with Crippen molar-refractivity contribution in [3.05, 3.63) is 0 Å². The van der Waals surface area contributed by atoms with E-state index in [1.54, 1.807) is 0 Å². The lowest BCUT2D eigenvalue weighted by Crippen LogP contribution is -2.52. The van der Waals surface area contributed by atoms with Crippen molar-refractivity contribution in [3.8, 4) is 0 Å². The molecule has 2 aliphatic heterocycles. The van der Waals surface area contributed by atoms with Gasteiger partial charge in [0.15, 0.2) is 9.84 Å². The van der Waals surface area contributed by atoms with Gasteiger partial charge < -0.3 is 5.32 Å². The standard InChI is InChI=1S/C9H17NO2S2/c1-8-6-10-9(13-7-8)2-4-14(11,12)5-3-9/h8,10H,2-7H2,1H3. The Bertz CT molecular complexity index is 289. The number of sulfone groups is 1. The van der Waals surface area contributed by atoms with E-state index in [1.165, 1.54) is 0 Å². The first-order chi connectivity index (χ1) is 6.52. The van der Waals surface area contributed by atoms with Crippen LogP contribution in [0.5, 0.6) is 0 Å². The zero-order chi connectivity index (χ0) is 10.2. The molecule has 0 aromatic rings. The van der Waals surface area contributed by atoms with E-state index in [1.807, 2.05) is 11.8 Å². The Morgan fingerprint density at radius 1 is 1.36 bits per heavy atom. The van der Waals surface area contributed by atoms with Crippen LogP contribution in [0.15, 0.2) is 0 Å². The van der Waals surface area contributed by atoms with E-state index in [0.29, 0.717) is 17.4 Å². The van der Waals surface area contributed by atoms with E-state index in [2.05, 4.69) is 12.2 Å². The van der Waals surface area contributed by atoms with Crippen LogP contribution in [0.3, 0.4) is 0 Å². The summed E-state index contributed by atoms with van der Waals surface area (Å²) >= 11 is 1.92. The van der Waals surface area contributed by atoms with Crippen LogP contribution in [-0.2, 0) is 9.84 Å². The van der Waals surface area contributed by atoms with Gasteiger partial charge in [0.1, 0.15) is 0 Å². The van der Waals surface area contributed by atoms with Crippen molar-refractivity contribution in [2.45, 2.75) is 24.6 Å². The Morgan fingerprint density at radius 2 is 2.00 bits per heavy atom. The van der Waals surface area contributed by atoms with Gasteiger partial charge in [-0.1, -0.05) is 6.92 Å². The molecule has 0 amide bonds. The maximum Gasteiger partial charge on any atom is 0.150 e. The van der Waals surface area contributed by atoms with Gasteiger partial charge in [-0.05, 0) is 31.1 Å². The number of thioether (sulfide) groups is 1. The lowest BCUT2D eigenvalue weighted by Gasteiger charge is -2.42. The Kier molecular flexibility index (Phi) is 2.83. The fourth-order valence-electron chi connectivity index (χ4n) is 1.96. The van der Waals surface area contributed by atoms with Crippen molar-refractivity contribution >= 4 is 21.6 Å². The quantitative estimate of drug-likeness (QED) is 0.676. The third-order valence-electron chi connectivity index (χ3n) is 3.05. The van der Waals surface area contributed by atoms with E-state index in [0.717, 1.165) is 25.1 Å². The highest BCUT2D eigenvalue weighted by molar-refractivity contribution is 8.00. The molecule has 0 aromatic heterocycles. The normalized spacial score (nSPS) is 35.6. The van der Waals surface area contributed by atoms with E-state index < -0.39 is 9.84 Å². The molecule has 0 bridgehead atoms. The summed E-state index contributed by atoms with van der Waals surface area (Å²) in [5.74, 6) is 2.60. The average molecular weight is 235 g/mol. The van der Waals surface area contributed by atoms with Crippen molar-refractivity contribution in [3.63, 3.8) is 0 Å². The Labute approximate surface area is 89.9 Å². The van der Waals surface area contributed by atoms with Crippen LogP contribution in [0.2, 0.25) is 0 Å². The molecule has 1 unspecified atom stereocenters. The summed E-state index contributed by atoms with van der Waals surface area (Å²) in [5, 5.41) is 3.52. The van der Waals surface area contributed by atoms with Crippen molar-refractivity contribution < 1.29 is 8.42 Å². The molecule has 5 heteroatoms. The molecule has 2 heterocycles. The summed E-state index contributed by atoms with van der Waals surface area (Å²) < 4.78 is 22.6. The van der Waals surface area contributed by atoms with E-state index >= 15 is 0 Å². The first kappa shape index (κ1) is 10.8. The number of hydrogen-bond acceptors (Lipinski definition) is 4. The minimum absolute atomic E-state index is 0.0812. The van der Waals surface area contributed by atoms with Gasteiger partial charge in [-0.2, -0.15) is 0 Å². The highest BCUT2D eigenvalue weighted by Gasteiger charge is 2.39.